The van der Waals surface area contributed by atoms with Crippen LogP contribution < -0.4 is 4.72 Å². The number of aromatic hydroxyl groups is 1. The van der Waals surface area contributed by atoms with Gasteiger partial charge in [-0.3, -0.25) is 0 Å². The number of nitrogens with zero attached hydrogens (tertiary/aromatic N) is 1. The maximum absolute atomic E-state index is 12.0. The van der Waals surface area contributed by atoms with Crippen molar-refractivity contribution in [3.63, 3.8) is 0 Å². The molecule has 0 atom stereocenters. The summed E-state index contributed by atoms with van der Waals surface area (Å²) in [7, 11) is -3.89. The van der Waals surface area contributed by atoms with E-state index in [4.69, 9.17) is 4.52 Å². The van der Waals surface area contributed by atoms with Crippen molar-refractivity contribution in [2.24, 2.45) is 0 Å². The fourth-order valence-corrected chi connectivity index (χ4v) is 2.52. The molecule has 0 radical (unpaired) electrons. The lowest BCUT2D eigenvalue weighted by Crippen LogP contribution is -2.13. The number of hydrogen-bond donors (Lipinski definition) is 2. The van der Waals surface area contributed by atoms with Crippen LogP contribution in [-0.2, 0) is 10.0 Å². The van der Waals surface area contributed by atoms with E-state index in [0.717, 1.165) is 0 Å². The zero-order chi connectivity index (χ0) is 13.3. The second-order valence-electron chi connectivity index (χ2n) is 3.80. The van der Waals surface area contributed by atoms with Crippen LogP contribution in [0.5, 0.6) is 5.75 Å². The quantitative estimate of drug-likeness (QED) is 0.885. The van der Waals surface area contributed by atoms with Gasteiger partial charge in [0.25, 0.3) is 10.0 Å². The van der Waals surface area contributed by atoms with Crippen molar-refractivity contribution >= 4 is 15.9 Å². The van der Waals surface area contributed by atoms with E-state index in [0.29, 0.717) is 11.3 Å². The van der Waals surface area contributed by atoms with Crippen LogP contribution in [0.3, 0.4) is 0 Å². The molecule has 0 amide bonds. The average molecular weight is 268 g/mol. The molecule has 0 aliphatic heterocycles. The summed E-state index contributed by atoms with van der Waals surface area (Å²) < 4.78 is 31.2. The van der Waals surface area contributed by atoms with Gasteiger partial charge in [-0.15, -0.1) is 0 Å². The molecule has 0 fully saturated rings. The van der Waals surface area contributed by atoms with E-state index in [1.165, 1.54) is 24.3 Å². The average Bonchev–Trinajstić information content (AvgIpc) is 2.61. The van der Waals surface area contributed by atoms with E-state index >= 15 is 0 Å². The molecular formula is C11H12N2O4S. The molecule has 6 nitrogen and oxygen atoms in total. The number of benzene rings is 1. The van der Waals surface area contributed by atoms with Gasteiger partial charge in [0.15, 0.2) is 0 Å². The third kappa shape index (κ3) is 2.17. The van der Waals surface area contributed by atoms with E-state index < -0.39 is 10.0 Å². The smallest absolute Gasteiger partial charge is 0.267 e. The summed E-state index contributed by atoms with van der Waals surface area (Å²) in [5.41, 5.74) is 1.21. The Morgan fingerprint density at radius 2 is 1.94 bits per heavy atom. The molecule has 1 aromatic heterocycles. The summed E-state index contributed by atoms with van der Waals surface area (Å²) in [6, 6.07) is 5.66. The van der Waals surface area contributed by atoms with Gasteiger partial charge in [0, 0.05) is 5.56 Å². The molecule has 96 valence electrons. The van der Waals surface area contributed by atoms with Crippen LogP contribution >= 0.6 is 0 Å². The van der Waals surface area contributed by atoms with E-state index in [9.17, 15) is 13.5 Å². The molecule has 0 saturated carbocycles. The van der Waals surface area contributed by atoms with Crippen LogP contribution in [-0.4, -0.2) is 18.7 Å². The molecule has 0 spiro atoms. The number of nitrogens with one attached hydrogen (secondary N) is 1. The van der Waals surface area contributed by atoms with Crippen molar-refractivity contribution in [3.8, 4) is 5.75 Å². The summed E-state index contributed by atoms with van der Waals surface area (Å²) >= 11 is 0. The number of phenols is 1. The first-order valence-electron chi connectivity index (χ1n) is 5.15. The summed E-state index contributed by atoms with van der Waals surface area (Å²) in [5, 5.41) is 13.2. The second-order valence-corrected chi connectivity index (χ2v) is 5.45. The fourth-order valence-electron chi connectivity index (χ4n) is 1.37. The number of hydrogen-bond acceptors (Lipinski definition) is 5. The van der Waals surface area contributed by atoms with E-state index in [2.05, 4.69) is 9.88 Å². The molecule has 0 aliphatic rings. The summed E-state index contributed by atoms with van der Waals surface area (Å²) in [4.78, 5) is -0.210. The highest BCUT2D eigenvalue weighted by Crippen LogP contribution is 2.26. The van der Waals surface area contributed by atoms with Crippen molar-refractivity contribution < 1.29 is 18.0 Å². The molecule has 2 aromatic rings. The number of aryl methyl sites for hydroxylation is 1. The fraction of sp³-hybridized carbons (Fsp3) is 0.182. The van der Waals surface area contributed by atoms with Gasteiger partial charge in [-0.1, -0.05) is 17.3 Å². The van der Waals surface area contributed by atoms with Crippen LogP contribution in [0.25, 0.3) is 0 Å². The Morgan fingerprint density at radius 3 is 2.50 bits per heavy atom. The third-order valence-corrected chi connectivity index (χ3v) is 3.92. The lowest BCUT2D eigenvalue weighted by molar-refractivity contribution is 0.429. The largest absolute Gasteiger partial charge is 0.507 e. The normalized spacial score (nSPS) is 11.4. The van der Waals surface area contributed by atoms with E-state index in [-0.39, 0.29) is 16.5 Å². The number of phenolic OH excluding ortho intramolecular Hbond substituents is 1. The minimum atomic E-state index is -3.89. The number of aromatic nitrogens is 1. The van der Waals surface area contributed by atoms with Gasteiger partial charge >= 0.3 is 0 Å². The van der Waals surface area contributed by atoms with Gasteiger partial charge in [-0.25, -0.2) is 13.1 Å². The highest BCUT2D eigenvalue weighted by atomic mass is 32.2. The van der Waals surface area contributed by atoms with Crippen LogP contribution in [0, 0.1) is 13.8 Å². The number of sulfonamides is 1. The van der Waals surface area contributed by atoms with Crippen LogP contribution in [0.2, 0.25) is 0 Å². The molecule has 0 saturated heterocycles. The zero-order valence-corrected chi connectivity index (χ0v) is 10.7. The lowest BCUT2D eigenvalue weighted by atomic mass is 10.3. The Kier molecular flexibility index (Phi) is 3.00. The van der Waals surface area contributed by atoms with E-state index in [1.54, 1.807) is 13.8 Å². The zero-order valence-electron chi connectivity index (χ0n) is 9.84. The Balaban J connectivity index is 2.40. The topological polar surface area (TPSA) is 92.4 Å². The highest BCUT2D eigenvalue weighted by Gasteiger charge is 2.21. The van der Waals surface area contributed by atoms with Crippen molar-refractivity contribution in [2.75, 3.05) is 4.72 Å². The van der Waals surface area contributed by atoms with Gasteiger partial charge in [0.1, 0.15) is 10.6 Å². The summed E-state index contributed by atoms with van der Waals surface area (Å²) in [6.07, 6.45) is 0. The maximum atomic E-state index is 12.0. The van der Waals surface area contributed by atoms with Gasteiger partial charge in [-0.05, 0) is 26.0 Å². The second kappa shape index (κ2) is 4.34. The van der Waals surface area contributed by atoms with E-state index in [1.807, 2.05) is 0 Å². The summed E-state index contributed by atoms with van der Waals surface area (Å²) in [5.74, 6) is -0.269. The Hall–Kier alpha value is -2.02. The molecule has 0 aliphatic carbocycles. The minimum Gasteiger partial charge on any atom is -0.507 e. The lowest BCUT2D eigenvalue weighted by Gasteiger charge is -2.06. The van der Waals surface area contributed by atoms with Crippen molar-refractivity contribution in [1.82, 2.24) is 5.16 Å². The number of rotatable bonds is 3. The Bertz CT molecular complexity index is 676. The minimum absolute atomic E-state index is 0.0516. The van der Waals surface area contributed by atoms with Gasteiger partial charge in [0.05, 0.1) is 5.69 Å². The van der Waals surface area contributed by atoms with Crippen LogP contribution in [0.15, 0.2) is 33.7 Å². The third-order valence-electron chi connectivity index (χ3n) is 2.54. The standard InChI is InChI=1S/C11H12N2O4S/c1-7-8(2)12-17-11(7)13-18(15,16)10-6-4-3-5-9(10)14/h3-6,13-14H,1-2H3. The maximum Gasteiger partial charge on any atom is 0.267 e. The predicted octanol–water partition coefficient (Wildman–Crippen LogP) is 1.80. The molecule has 7 heteroatoms. The van der Waals surface area contributed by atoms with Gasteiger partial charge < -0.3 is 9.63 Å². The molecule has 0 bridgehead atoms. The first kappa shape index (κ1) is 12.4. The Labute approximate surface area is 104 Å². The summed E-state index contributed by atoms with van der Waals surface area (Å²) in [6.45, 7) is 3.39. The Morgan fingerprint density at radius 1 is 1.28 bits per heavy atom. The molecule has 0 unspecified atom stereocenters. The van der Waals surface area contributed by atoms with Crippen molar-refractivity contribution in [3.05, 3.63) is 35.5 Å². The molecule has 1 heterocycles. The molecular weight excluding hydrogens is 256 g/mol. The first-order chi connectivity index (χ1) is 8.42. The van der Waals surface area contributed by atoms with Crippen LogP contribution in [0.1, 0.15) is 11.3 Å². The molecule has 18 heavy (non-hydrogen) atoms. The van der Waals surface area contributed by atoms with Crippen molar-refractivity contribution in [1.29, 1.82) is 0 Å². The van der Waals surface area contributed by atoms with Crippen molar-refractivity contribution in [2.45, 2.75) is 18.7 Å². The monoisotopic (exact) mass is 268 g/mol. The highest BCUT2D eigenvalue weighted by molar-refractivity contribution is 7.92. The van der Waals surface area contributed by atoms with Gasteiger partial charge in [0.2, 0.25) is 5.88 Å². The van der Waals surface area contributed by atoms with Gasteiger partial charge in [-0.2, -0.15) is 0 Å². The molecule has 2 rings (SSSR count). The first-order valence-corrected chi connectivity index (χ1v) is 6.64. The molecule has 2 N–H and O–H groups in total. The molecule has 1 aromatic carbocycles. The van der Waals surface area contributed by atoms with Crippen LogP contribution in [0.4, 0.5) is 5.88 Å². The number of anilines is 1. The number of para-hydroxylation sites is 1. The predicted molar refractivity (Wildman–Crippen MR) is 64.9 cm³/mol. The SMILES string of the molecule is Cc1noc(NS(=O)(=O)c2ccccc2O)c1C.